The Bertz CT molecular complexity index is 1170. The number of nitrogens with zero attached hydrogens (tertiary/aromatic N) is 3. The number of pyridine rings is 2. The third kappa shape index (κ3) is 3.69. The van der Waals surface area contributed by atoms with Crippen LogP contribution < -0.4 is 14.8 Å². The Balaban J connectivity index is 1.50. The molecule has 3 aromatic heterocycles. The molecule has 1 aromatic carbocycles. The quantitative estimate of drug-likeness (QED) is 0.514. The molecule has 5 rings (SSSR count). The number of benzene rings is 1. The number of nitrogens with one attached hydrogen (secondary N) is 1. The number of aliphatic hydroxyl groups excluding tert-OH is 1. The molecule has 0 aliphatic carbocycles. The number of para-hydroxylation sites is 1. The van der Waals surface area contributed by atoms with Crippen molar-refractivity contribution < 1.29 is 14.6 Å². The summed E-state index contributed by atoms with van der Waals surface area (Å²) in [6.45, 7) is 2.21. The number of imidazole rings is 1. The summed E-state index contributed by atoms with van der Waals surface area (Å²) in [4.78, 5) is 9.44. The summed E-state index contributed by atoms with van der Waals surface area (Å²) in [5, 5.41) is 13.4. The van der Waals surface area contributed by atoms with Crippen molar-refractivity contribution in [3.63, 3.8) is 0 Å². The van der Waals surface area contributed by atoms with Crippen LogP contribution in [0.15, 0.2) is 54.9 Å². The van der Waals surface area contributed by atoms with Crippen molar-refractivity contribution in [1.82, 2.24) is 19.7 Å². The van der Waals surface area contributed by atoms with E-state index in [0.717, 1.165) is 59.6 Å². The van der Waals surface area contributed by atoms with Gasteiger partial charge in [0.05, 0.1) is 24.2 Å². The molecule has 2 N–H and O–H groups in total. The fourth-order valence-electron chi connectivity index (χ4n) is 3.86. The molecule has 7 nitrogen and oxygen atoms in total. The normalized spacial score (nSPS) is 15.0. The predicted octanol–water partition coefficient (Wildman–Crippen LogP) is 3.05. The second kappa shape index (κ2) is 8.30. The van der Waals surface area contributed by atoms with E-state index < -0.39 is 0 Å². The van der Waals surface area contributed by atoms with Crippen LogP contribution in [0.5, 0.6) is 11.5 Å². The minimum absolute atomic E-state index is 0.0202. The number of aliphatic hydroxyl groups is 1. The molecular weight excluding hydrogens is 380 g/mol. The summed E-state index contributed by atoms with van der Waals surface area (Å²) >= 11 is 0. The van der Waals surface area contributed by atoms with Crippen LogP contribution >= 0.6 is 0 Å². The molecular formula is C23H24N4O3. The van der Waals surface area contributed by atoms with Crippen LogP contribution in [0.2, 0.25) is 0 Å². The van der Waals surface area contributed by atoms with Crippen LogP contribution in [-0.2, 0) is 0 Å². The van der Waals surface area contributed by atoms with Gasteiger partial charge in [-0.15, -0.1) is 0 Å². The first kappa shape index (κ1) is 18.8. The van der Waals surface area contributed by atoms with E-state index in [1.807, 2.05) is 47.1 Å². The van der Waals surface area contributed by atoms with Gasteiger partial charge in [-0.3, -0.25) is 4.40 Å². The van der Waals surface area contributed by atoms with Gasteiger partial charge in [0.1, 0.15) is 35.4 Å². The lowest BCUT2D eigenvalue weighted by atomic mass is 10.1. The van der Waals surface area contributed by atoms with Crippen LogP contribution in [0.3, 0.4) is 0 Å². The average molecular weight is 404 g/mol. The van der Waals surface area contributed by atoms with Gasteiger partial charge in [-0.05, 0) is 44.1 Å². The molecule has 7 heteroatoms. The lowest BCUT2D eigenvalue weighted by Gasteiger charge is -2.24. The van der Waals surface area contributed by atoms with Gasteiger partial charge >= 0.3 is 0 Å². The van der Waals surface area contributed by atoms with E-state index in [4.69, 9.17) is 19.6 Å². The largest absolute Gasteiger partial charge is 0.491 e. The minimum atomic E-state index is -0.0202. The molecule has 0 atom stereocenters. The van der Waals surface area contributed by atoms with Crippen LogP contribution in [0.1, 0.15) is 12.8 Å². The highest BCUT2D eigenvalue weighted by Gasteiger charge is 2.17. The Hall–Kier alpha value is -3.16. The fraction of sp³-hybridized carbons (Fsp3) is 0.304. The number of aromatic nitrogens is 3. The van der Waals surface area contributed by atoms with Crippen molar-refractivity contribution in [3.05, 3.63) is 54.9 Å². The molecule has 0 saturated carbocycles. The summed E-state index contributed by atoms with van der Waals surface area (Å²) in [5.41, 5.74) is 3.37. The van der Waals surface area contributed by atoms with Crippen LogP contribution in [-0.4, -0.2) is 51.9 Å². The monoisotopic (exact) mass is 404 g/mol. The van der Waals surface area contributed by atoms with E-state index in [0.29, 0.717) is 5.75 Å². The number of hydrogen-bond donors (Lipinski definition) is 2. The summed E-state index contributed by atoms with van der Waals surface area (Å²) < 4.78 is 13.8. The maximum absolute atomic E-state index is 8.94. The zero-order valence-corrected chi connectivity index (χ0v) is 16.6. The molecule has 0 bridgehead atoms. The first-order chi connectivity index (χ1) is 14.8. The first-order valence-corrected chi connectivity index (χ1v) is 10.3. The first-order valence-electron chi connectivity index (χ1n) is 10.3. The average Bonchev–Trinajstić information content (AvgIpc) is 3.22. The van der Waals surface area contributed by atoms with Crippen molar-refractivity contribution in [2.45, 2.75) is 18.9 Å². The van der Waals surface area contributed by atoms with Gasteiger partial charge in [-0.25, -0.2) is 9.97 Å². The second-order valence-electron chi connectivity index (χ2n) is 7.40. The van der Waals surface area contributed by atoms with E-state index in [2.05, 4.69) is 22.4 Å². The van der Waals surface area contributed by atoms with Crippen molar-refractivity contribution >= 4 is 16.6 Å². The molecule has 1 aliphatic rings. The van der Waals surface area contributed by atoms with Gasteiger partial charge in [0.25, 0.3) is 0 Å². The van der Waals surface area contributed by atoms with E-state index >= 15 is 0 Å². The van der Waals surface area contributed by atoms with Crippen molar-refractivity contribution in [1.29, 1.82) is 0 Å². The second-order valence-corrected chi connectivity index (χ2v) is 7.40. The molecule has 30 heavy (non-hydrogen) atoms. The molecule has 1 fully saturated rings. The maximum atomic E-state index is 8.94. The van der Waals surface area contributed by atoms with Crippen molar-refractivity contribution in [3.8, 4) is 22.9 Å². The van der Waals surface area contributed by atoms with Crippen molar-refractivity contribution in [2.75, 3.05) is 26.3 Å². The summed E-state index contributed by atoms with van der Waals surface area (Å²) in [7, 11) is 0. The highest BCUT2D eigenvalue weighted by atomic mass is 16.5. The van der Waals surface area contributed by atoms with Crippen LogP contribution in [0.4, 0.5) is 0 Å². The van der Waals surface area contributed by atoms with E-state index in [-0.39, 0.29) is 19.3 Å². The lowest BCUT2D eigenvalue weighted by molar-refractivity contribution is 0.164. The fourth-order valence-corrected chi connectivity index (χ4v) is 3.86. The lowest BCUT2D eigenvalue weighted by Crippen LogP contribution is -2.34. The third-order valence-corrected chi connectivity index (χ3v) is 5.37. The number of piperidine rings is 1. The summed E-state index contributed by atoms with van der Waals surface area (Å²) in [6.07, 6.45) is 5.95. The van der Waals surface area contributed by atoms with Crippen LogP contribution in [0, 0.1) is 0 Å². The summed E-state index contributed by atoms with van der Waals surface area (Å²) in [5.74, 6) is 1.51. The SMILES string of the molecule is OCCOc1ccn2c(-c3ccc4cccc(OC5CCNCC5)c4n3)cnc2c1. The highest BCUT2D eigenvalue weighted by molar-refractivity contribution is 5.86. The molecule has 0 spiro atoms. The zero-order chi connectivity index (χ0) is 20.3. The molecule has 0 unspecified atom stereocenters. The molecule has 4 heterocycles. The Kier molecular flexibility index (Phi) is 5.21. The molecule has 0 radical (unpaired) electrons. The standard InChI is InChI=1S/C23H24N4O3/c28-12-13-29-18-8-11-27-20(15-25-22(27)14-18)19-5-4-16-2-1-3-21(23(16)26-19)30-17-6-9-24-10-7-17/h1-5,8,11,14-15,17,24,28H,6-7,9-10,12-13H2. The molecule has 1 aliphatic heterocycles. The van der Waals surface area contributed by atoms with Gasteiger partial charge in [0.2, 0.25) is 0 Å². The Morgan fingerprint density at radius 3 is 2.90 bits per heavy atom. The predicted molar refractivity (Wildman–Crippen MR) is 115 cm³/mol. The number of hydrogen-bond acceptors (Lipinski definition) is 6. The summed E-state index contributed by atoms with van der Waals surface area (Å²) in [6, 6.07) is 13.9. The van der Waals surface area contributed by atoms with Crippen molar-refractivity contribution in [2.24, 2.45) is 0 Å². The van der Waals surface area contributed by atoms with E-state index in [1.165, 1.54) is 0 Å². The number of rotatable bonds is 6. The van der Waals surface area contributed by atoms with E-state index in [1.54, 1.807) is 0 Å². The van der Waals surface area contributed by atoms with Gasteiger partial charge < -0.3 is 19.9 Å². The molecule has 1 saturated heterocycles. The molecule has 4 aromatic rings. The highest BCUT2D eigenvalue weighted by Crippen LogP contribution is 2.30. The molecule has 154 valence electrons. The van der Waals surface area contributed by atoms with E-state index in [9.17, 15) is 0 Å². The smallest absolute Gasteiger partial charge is 0.145 e. The van der Waals surface area contributed by atoms with Gasteiger partial charge in [-0.2, -0.15) is 0 Å². The Labute approximate surface area is 174 Å². The Morgan fingerprint density at radius 2 is 2.03 bits per heavy atom. The third-order valence-electron chi connectivity index (χ3n) is 5.37. The number of ether oxygens (including phenoxy) is 2. The topological polar surface area (TPSA) is 80.9 Å². The van der Waals surface area contributed by atoms with Gasteiger partial charge in [0, 0.05) is 17.6 Å². The van der Waals surface area contributed by atoms with Crippen LogP contribution in [0.25, 0.3) is 27.9 Å². The van der Waals surface area contributed by atoms with Gasteiger partial charge in [0.15, 0.2) is 0 Å². The minimum Gasteiger partial charge on any atom is -0.491 e. The Morgan fingerprint density at radius 1 is 1.13 bits per heavy atom. The van der Waals surface area contributed by atoms with Gasteiger partial charge in [-0.1, -0.05) is 18.2 Å². The maximum Gasteiger partial charge on any atom is 0.145 e. The zero-order valence-electron chi connectivity index (χ0n) is 16.6. The molecule has 0 amide bonds. The number of fused-ring (bicyclic) bond motifs is 2.